The fourth-order valence-electron chi connectivity index (χ4n) is 13.9. The molecule has 0 atom stereocenters. The first-order valence-electron chi connectivity index (χ1n) is 26.5. The lowest BCUT2D eigenvalue weighted by Crippen LogP contribution is -2.23. The predicted octanol–water partition coefficient (Wildman–Crippen LogP) is 19.8. The molecule has 0 bridgehead atoms. The molecular formula is C71H56N2O. The van der Waals surface area contributed by atoms with Crippen molar-refractivity contribution in [2.75, 3.05) is 9.80 Å². The Morgan fingerprint density at radius 3 is 1.46 bits per heavy atom. The van der Waals surface area contributed by atoms with Crippen LogP contribution < -0.4 is 9.80 Å². The second-order valence-corrected chi connectivity index (χ2v) is 23.0. The van der Waals surface area contributed by atoms with E-state index in [-0.39, 0.29) is 16.2 Å². The van der Waals surface area contributed by atoms with Crippen LogP contribution in [0.3, 0.4) is 0 Å². The summed E-state index contributed by atoms with van der Waals surface area (Å²) in [5.74, 6) is 0. The SMILES string of the molecule is CC1(C)CCc2cc(N(c3ccccc3)c3ccc4c(c3)-c3c(ccc5ccccc35)C4(C)C)cc3cc4c(oc5ccc(N(c6ccccc6)c6ccc7c(c6)-c6c(ccc8ccccc68)C7(C)C)cc54)c1c23. The van der Waals surface area contributed by atoms with Gasteiger partial charge in [-0.15, -0.1) is 0 Å². The van der Waals surface area contributed by atoms with Crippen LogP contribution in [0.15, 0.2) is 211 Å². The Morgan fingerprint density at radius 1 is 0.378 bits per heavy atom. The predicted molar refractivity (Wildman–Crippen MR) is 312 cm³/mol. The van der Waals surface area contributed by atoms with E-state index in [1.54, 1.807) is 0 Å². The number of hydrogen-bond acceptors (Lipinski definition) is 3. The van der Waals surface area contributed by atoms with Crippen molar-refractivity contribution < 1.29 is 4.42 Å². The van der Waals surface area contributed by atoms with E-state index in [2.05, 4.69) is 258 Å². The summed E-state index contributed by atoms with van der Waals surface area (Å²) in [6, 6.07) is 77.3. The zero-order valence-corrected chi connectivity index (χ0v) is 42.8. The van der Waals surface area contributed by atoms with Gasteiger partial charge in [-0.3, -0.25) is 0 Å². The van der Waals surface area contributed by atoms with Crippen LogP contribution in [0, 0.1) is 0 Å². The highest BCUT2D eigenvalue weighted by atomic mass is 16.3. The third kappa shape index (κ3) is 6.07. The maximum atomic E-state index is 7.12. The molecule has 0 N–H and O–H groups in total. The fraction of sp³-hybridized carbons (Fsp3) is 0.155. The molecule has 3 heteroatoms. The van der Waals surface area contributed by atoms with Crippen LogP contribution in [-0.4, -0.2) is 0 Å². The second-order valence-electron chi connectivity index (χ2n) is 23.0. The van der Waals surface area contributed by atoms with Crippen LogP contribution in [0.5, 0.6) is 0 Å². The van der Waals surface area contributed by atoms with Crippen LogP contribution >= 0.6 is 0 Å². The number of fused-ring (bicyclic) bond motifs is 14. The monoisotopic (exact) mass is 952 g/mol. The first kappa shape index (κ1) is 43.2. The van der Waals surface area contributed by atoms with Gasteiger partial charge in [0.15, 0.2) is 0 Å². The highest BCUT2D eigenvalue weighted by molar-refractivity contribution is 6.15. The number of hydrogen-bond donors (Lipinski definition) is 0. The van der Waals surface area contributed by atoms with Gasteiger partial charge in [-0.05, 0) is 186 Å². The van der Waals surface area contributed by atoms with E-state index in [0.29, 0.717) is 0 Å². The van der Waals surface area contributed by atoms with Gasteiger partial charge in [0.25, 0.3) is 0 Å². The Bertz CT molecular complexity index is 4350. The van der Waals surface area contributed by atoms with Crippen LogP contribution in [-0.2, 0) is 22.7 Å². The van der Waals surface area contributed by atoms with Gasteiger partial charge >= 0.3 is 0 Å². The third-order valence-corrected chi connectivity index (χ3v) is 17.6. The van der Waals surface area contributed by atoms with Crippen molar-refractivity contribution in [3.8, 4) is 22.3 Å². The average Bonchev–Trinajstić information content (AvgIpc) is 4.09. The smallest absolute Gasteiger partial charge is 0.139 e. The maximum absolute atomic E-state index is 7.12. The molecule has 3 aliphatic rings. The van der Waals surface area contributed by atoms with Crippen molar-refractivity contribution >= 4 is 88.4 Å². The minimum atomic E-state index is -0.117. The molecule has 3 aliphatic carbocycles. The van der Waals surface area contributed by atoms with E-state index >= 15 is 0 Å². The quantitative estimate of drug-likeness (QED) is 0.166. The number of para-hydroxylation sites is 2. The molecule has 1 heterocycles. The number of aryl methyl sites for hydroxylation is 1. The van der Waals surface area contributed by atoms with E-state index in [1.807, 2.05) is 0 Å². The number of anilines is 6. The molecule has 0 amide bonds. The Balaban J connectivity index is 0.924. The van der Waals surface area contributed by atoms with E-state index < -0.39 is 0 Å². The van der Waals surface area contributed by atoms with Gasteiger partial charge in [-0.2, -0.15) is 0 Å². The molecule has 12 aromatic rings. The summed E-state index contributed by atoms with van der Waals surface area (Å²) in [6.45, 7) is 14.3. The number of benzene rings is 11. The van der Waals surface area contributed by atoms with E-state index in [0.717, 1.165) is 68.9 Å². The van der Waals surface area contributed by atoms with Crippen LogP contribution in [0.25, 0.3) is 76.5 Å². The molecule has 0 saturated heterocycles. The van der Waals surface area contributed by atoms with Gasteiger partial charge in [0, 0.05) is 61.3 Å². The van der Waals surface area contributed by atoms with Gasteiger partial charge in [0.1, 0.15) is 11.2 Å². The number of furan rings is 1. The highest BCUT2D eigenvalue weighted by Crippen LogP contribution is 2.56. The van der Waals surface area contributed by atoms with Gasteiger partial charge in [0.2, 0.25) is 0 Å². The molecule has 0 fully saturated rings. The lowest BCUT2D eigenvalue weighted by atomic mass is 9.71. The van der Waals surface area contributed by atoms with Crippen LogP contribution in [0.2, 0.25) is 0 Å². The largest absolute Gasteiger partial charge is 0.456 e. The molecule has 356 valence electrons. The Morgan fingerprint density at radius 2 is 0.878 bits per heavy atom. The van der Waals surface area contributed by atoms with Crippen molar-refractivity contribution in [1.29, 1.82) is 0 Å². The van der Waals surface area contributed by atoms with Gasteiger partial charge in [-0.25, -0.2) is 0 Å². The van der Waals surface area contributed by atoms with Crippen molar-refractivity contribution in [1.82, 2.24) is 0 Å². The molecule has 0 unspecified atom stereocenters. The first-order valence-corrected chi connectivity index (χ1v) is 26.5. The first-order chi connectivity index (χ1) is 35.9. The van der Waals surface area contributed by atoms with Crippen molar-refractivity contribution in [3.63, 3.8) is 0 Å². The second kappa shape index (κ2) is 15.3. The topological polar surface area (TPSA) is 19.6 Å². The molecule has 11 aromatic carbocycles. The van der Waals surface area contributed by atoms with Gasteiger partial charge < -0.3 is 14.2 Å². The number of rotatable bonds is 6. The lowest BCUT2D eigenvalue weighted by Gasteiger charge is -2.34. The Kier molecular flexibility index (Phi) is 8.94. The van der Waals surface area contributed by atoms with Crippen molar-refractivity contribution in [2.24, 2.45) is 0 Å². The van der Waals surface area contributed by atoms with E-state index in [1.165, 1.54) is 88.0 Å². The van der Waals surface area contributed by atoms with E-state index in [9.17, 15) is 0 Å². The third-order valence-electron chi connectivity index (χ3n) is 17.6. The minimum Gasteiger partial charge on any atom is -0.456 e. The van der Waals surface area contributed by atoms with Crippen molar-refractivity contribution in [3.05, 3.63) is 240 Å². The molecule has 0 aliphatic heterocycles. The molecule has 0 spiro atoms. The fourth-order valence-corrected chi connectivity index (χ4v) is 13.9. The molecule has 3 nitrogen and oxygen atoms in total. The summed E-state index contributed by atoms with van der Waals surface area (Å²) in [5.41, 5.74) is 21.9. The normalized spacial score (nSPS) is 15.4. The van der Waals surface area contributed by atoms with Crippen molar-refractivity contribution in [2.45, 2.75) is 70.6 Å². The Hall–Kier alpha value is -8.40. The summed E-state index contributed by atoms with van der Waals surface area (Å²) in [6.07, 6.45) is 2.02. The zero-order chi connectivity index (χ0) is 49.8. The number of nitrogens with zero attached hydrogens (tertiary/aromatic N) is 2. The molecule has 0 radical (unpaired) electrons. The summed E-state index contributed by atoms with van der Waals surface area (Å²) >= 11 is 0. The Labute approximate surface area is 432 Å². The standard InChI is InChI=1S/C71H56N2O/c1-69(2)36-35-45-37-52(73(48-21-11-8-12-22-48)50-28-33-60-58(42-50)66-54-24-16-14-18-44(54)26-31-62(66)71(60,5)6)38-46-39-56-55-40-51(29-34-63(55)74-68(56)67(69)64(45)46)72(47-19-9-7-10-20-47)49-27-32-59-57(41-49)65-53-23-15-13-17-43(53)25-30-61(65)70(59,3)4/h7-34,37-42H,35-36H2,1-6H3. The van der Waals surface area contributed by atoms with E-state index in [4.69, 9.17) is 4.42 Å². The lowest BCUT2D eigenvalue weighted by molar-refractivity contribution is 0.471. The van der Waals surface area contributed by atoms with Crippen LogP contribution in [0.4, 0.5) is 34.1 Å². The average molecular weight is 953 g/mol. The van der Waals surface area contributed by atoms with Gasteiger partial charge in [-0.1, -0.05) is 163 Å². The van der Waals surface area contributed by atoms with Gasteiger partial charge in [0.05, 0.1) is 0 Å². The molecule has 15 rings (SSSR count). The summed E-state index contributed by atoms with van der Waals surface area (Å²) in [4.78, 5) is 4.91. The maximum Gasteiger partial charge on any atom is 0.139 e. The molecular weight excluding hydrogens is 897 g/mol. The highest BCUT2D eigenvalue weighted by Gasteiger charge is 2.39. The summed E-state index contributed by atoms with van der Waals surface area (Å²) in [5, 5.41) is 10.0. The summed E-state index contributed by atoms with van der Waals surface area (Å²) in [7, 11) is 0. The molecule has 1 aromatic heterocycles. The summed E-state index contributed by atoms with van der Waals surface area (Å²) < 4.78 is 7.12. The molecule has 0 saturated carbocycles. The zero-order valence-electron chi connectivity index (χ0n) is 42.8. The van der Waals surface area contributed by atoms with Crippen LogP contribution in [0.1, 0.15) is 81.3 Å². The minimum absolute atomic E-state index is 0.0974. The molecule has 74 heavy (non-hydrogen) atoms.